The molecule has 4 heteroatoms. The third-order valence-electron chi connectivity index (χ3n) is 2.40. The van der Waals surface area contributed by atoms with Gasteiger partial charge in [-0.25, -0.2) is 8.42 Å². The van der Waals surface area contributed by atoms with E-state index in [-0.39, 0.29) is 0 Å². The minimum Gasteiger partial charge on any atom is -0.389 e. The Bertz CT molecular complexity index is 231. The number of hydrogen-bond donors (Lipinski definition) is 1. The number of sulfone groups is 1. The first-order valence-corrected chi connectivity index (χ1v) is 5.31. The van der Waals surface area contributed by atoms with Crippen LogP contribution < -0.4 is 0 Å². The maximum Gasteiger partial charge on any atom is 0.155 e. The molecule has 0 aliphatic carbocycles. The van der Waals surface area contributed by atoms with Crippen LogP contribution in [-0.4, -0.2) is 30.1 Å². The monoisotopic (exact) mass is 180 g/mol. The molecule has 0 saturated carbocycles. The van der Waals surface area contributed by atoms with Crippen LogP contribution in [0.25, 0.3) is 0 Å². The van der Waals surface area contributed by atoms with E-state index in [4.69, 9.17) is 0 Å². The molecule has 0 aliphatic rings. The maximum absolute atomic E-state index is 11.1. The smallest absolute Gasteiger partial charge is 0.155 e. The zero-order valence-corrected chi connectivity index (χ0v) is 8.49. The van der Waals surface area contributed by atoms with Crippen LogP contribution >= 0.6 is 0 Å². The van der Waals surface area contributed by atoms with Gasteiger partial charge in [0.15, 0.2) is 9.84 Å². The second-order valence-corrected chi connectivity index (χ2v) is 6.41. The van der Waals surface area contributed by atoms with E-state index in [1.807, 2.05) is 0 Å². The summed E-state index contributed by atoms with van der Waals surface area (Å²) in [6.07, 6.45) is 1.13. The third-order valence-corrected chi connectivity index (χ3v) is 4.75. The maximum atomic E-state index is 11.1. The van der Waals surface area contributed by atoms with E-state index in [0.717, 1.165) is 6.26 Å². The van der Waals surface area contributed by atoms with Gasteiger partial charge in [0.25, 0.3) is 0 Å². The van der Waals surface area contributed by atoms with Gasteiger partial charge in [0.05, 0.1) is 10.3 Å². The van der Waals surface area contributed by atoms with Crippen molar-refractivity contribution in [2.24, 2.45) is 0 Å². The molecule has 1 N–H and O–H groups in total. The normalized spacial score (nSPS) is 15.1. The van der Waals surface area contributed by atoms with Crippen molar-refractivity contribution in [3.8, 4) is 0 Å². The summed E-state index contributed by atoms with van der Waals surface area (Å²) in [5.74, 6) is 0. The molecule has 0 fully saturated rings. The van der Waals surface area contributed by atoms with Gasteiger partial charge in [0, 0.05) is 6.26 Å². The highest BCUT2D eigenvalue weighted by molar-refractivity contribution is 7.92. The molecule has 0 spiro atoms. The van der Waals surface area contributed by atoms with Crippen molar-refractivity contribution in [3.63, 3.8) is 0 Å². The molecule has 0 bridgehead atoms. The molecule has 3 nitrogen and oxygen atoms in total. The van der Waals surface area contributed by atoms with E-state index in [9.17, 15) is 13.5 Å². The quantitative estimate of drug-likeness (QED) is 0.676. The molecule has 0 amide bonds. The Morgan fingerprint density at radius 2 is 1.36 bits per heavy atom. The SMILES string of the molecule is CC(C)(O)C(C)(C)S(C)(=O)=O. The molecule has 0 rings (SSSR count). The Balaban J connectivity index is 5.08. The highest BCUT2D eigenvalue weighted by Crippen LogP contribution is 2.28. The molecular weight excluding hydrogens is 164 g/mol. The van der Waals surface area contributed by atoms with E-state index in [1.54, 1.807) is 0 Å². The van der Waals surface area contributed by atoms with Crippen molar-refractivity contribution < 1.29 is 13.5 Å². The lowest BCUT2D eigenvalue weighted by atomic mass is 9.94. The van der Waals surface area contributed by atoms with Crippen LogP contribution in [0.5, 0.6) is 0 Å². The second-order valence-electron chi connectivity index (χ2n) is 3.84. The molecule has 68 valence electrons. The van der Waals surface area contributed by atoms with Crippen LogP contribution in [0.1, 0.15) is 27.7 Å². The number of rotatable bonds is 2. The minimum atomic E-state index is -3.21. The summed E-state index contributed by atoms with van der Waals surface area (Å²) in [4.78, 5) is 0. The fourth-order valence-electron chi connectivity index (χ4n) is 0.454. The van der Waals surface area contributed by atoms with Gasteiger partial charge in [0.2, 0.25) is 0 Å². The summed E-state index contributed by atoms with van der Waals surface area (Å²) in [5.41, 5.74) is -1.21. The lowest BCUT2D eigenvalue weighted by Gasteiger charge is -2.35. The molecule has 0 aliphatic heterocycles. The van der Waals surface area contributed by atoms with Crippen LogP contribution in [0.2, 0.25) is 0 Å². The zero-order chi connectivity index (χ0) is 9.50. The van der Waals surface area contributed by atoms with Crippen LogP contribution in [0.15, 0.2) is 0 Å². The molecule has 0 heterocycles. The molecule has 0 aromatic heterocycles. The highest BCUT2D eigenvalue weighted by atomic mass is 32.2. The summed E-state index contributed by atoms with van der Waals surface area (Å²) < 4.78 is 21.2. The minimum absolute atomic E-state index is 1.10. The Labute approximate surface area is 68.3 Å². The van der Waals surface area contributed by atoms with Crippen molar-refractivity contribution >= 4 is 9.84 Å². The molecule has 0 radical (unpaired) electrons. The van der Waals surface area contributed by atoms with Gasteiger partial charge >= 0.3 is 0 Å². The van der Waals surface area contributed by atoms with Crippen molar-refractivity contribution in [1.82, 2.24) is 0 Å². The van der Waals surface area contributed by atoms with E-state index in [1.165, 1.54) is 27.7 Å². The molecule has 0 unspecified atom stereocenters. The summed E-state index contributed by atoms with van der Waals surface area (Å²) >= 11 is 0. The average molecular weight is 180 g/mol. The van der Waals surface area contributed by atoms with Crippen LogP contribution in [0.4, 0.5) is 0 Å². The fourth-order valence-corrected chi connectivity index (χ4v) is 1.36. The lowest BCUT2D eigenvalue weighted by Crippen LogP contribution is -2.50. The van der Waals surface area contributed by atoms with E-state index in [2.05, 4.69) is 0 Å². The summed E-state index contributed by atoms with van der Waals surface area (Å²) in [7, 11) is -3.21. The largest absolute Gasteiger partial charge is 0.389 e. The van der Waals surface area contributed by atoms with E-state index >= 15 is 0 Å². The van der Waals surface area contributed by atoms with Gasteiger partial charge in [-0.3, -0.25) is 0 Å². The Morgan fingerprint density at radius 3 is 1.36 bits per heavy atom. The first kappa shape index (κ1) is 10.9. The molecule has 0 aromatic rings. The Kier molecular flexibility index (Phi) is 2.43. The van der Waals surface area contributed by atoms with Crippen molar-refractivity contribution in [1.29, 1.82) is 0 Å². The predicted molar refractivity (Wildman–Crippen MR) is 45.2 cm³/mol. The van der Waals surface area contributed by atoms with Crippen LogP contribution in [0.3, 0.4) is 0 Å². The van der Waals surface area contributed by atoms with Gasteiger partial charge in [0.1, 0.15) is 0 Å². The molecular formula is C7H16O3S. The van der Waals surface area contributed by atoms with E-state index in [0.29, 0.717) is 0 Å². The second kappa shape index (κ2) is 2.45. The van der Waals surface area contributed by atoms with Crippen LogP contribution in [-0.2, 0) is 9.84 Å². The zero-order valence-electron chi connectivity index (χ0n) is 7.67. The highest BCUT2D eigenvalue weighted by Gasteiger charge is 2.43. The summed E-state index contributed by atoms with van der Waals surface area (Å²) in [5, 5.41) is 9.50. The molecule has 0 aromatic carbocycles. The van der Waals surface area contributed by atoms with Gasteiger partial charge in [-0.15, -0.1) is 0 Å². The summed E-state index contributed by atoms with van der Waals surface area (Å²) in [6.45, 7) is 6.02. The third kappa shape index (κ3) is 1.93. The fraction of sp³-hybridized carbons (Fsp3) is 1.00. The predicted octanol–water partition coefficient (Wildman–Crippen LogP) is 0.581. The molecule has 0 atom stereocenters. The van der Waals surface area contributed by atoms with Gasteiger partial charge in [-0.05, 0) is 27.7 Å². The van der Waals surface area contributed by atoms with Gasteiger partial charge in [-0.1, -0.05) is 0 Å². The Morgan fingerprint density at radius 1 is 1.09 bits per heavy atom. The first-order valence-electron chi connectivity index (χ1n) is 3.42. The number of aliphatic hydroxyl groups is 1. The average Bonchev–Trinajstić information content (AvgIpc) is 1.58. The van der Waals surface area contributed by atoms with Crippen LogP contribution in [0, 0.1) is 0 Å². The van der Waals surface area contributed by atoms with Crippen molar-refractivity contribution in [2.75, 3.05) is 6.26 Å². The molecule has 0 saturated heterocycles. The van der Waals surface area contributed by atoms with Gasteiger partial charge < -0.3 is 5.11 Å². The van der Waals surface area contributed by atoms with Crippen molar-refractivity contribution in [3.05, 3.63) is 0 Å². The molecule has 11 heavy (non-hydrogen) atoms. The van der Waals surface area contributed by atoms with Gasteiger partial charge in [-0.2, -0.15) is 0 Å². The standard InChI is InChI=1S/C7H16O3S/c1-6(2,8)7(3,4)11(5,9)10/h8H,1-5H3. The summed E-state index contributed by atoms with van der Waals surface area (Å²) in [6, 6.07) is 0. The first-order chi connectivity index (χ1) is 4.50. The Hall–Kier alpha value is -0.0900. The van der Waals surface area contributed by atoms with Crippen molar-refractivity contribution in [2.45, 2.75) is 38.0 Å². The number of hydrogen-bond acceptors (Lipinski definition) is 3. The topological polar surface area (TPSA) is 54.4 Å². The van der Waals surface area contributed by atoms with E-state index < -0.39 is 20.2 Å². The lowest BCUT2D eigenvalue weighted by molar-refractivity contribution is 0.0456.